The summed E-state index contributed by atoms with van der Waals surface area (Å²) < 4.78 is 29.7. The van der Waals surface area contributed by atoms with Gasteiger partial charge in [0.25, 0.3) is 0 Å². The highest BCUT2D eigenvalue weighted by molar-refractivity contribution is 7.89. The number of benzene rings is 3. The SMILES string of the molecule is Cc1ccc(S(=O)(=O)N2CCC(C(=O)Nc3ccc(-n4cnc5ccccc54)cc3)CC2)c(C)c1. The van der Waals surface area contributed by atoms with E-state index in [0.717, 1.165) is 27.8 Å². The van der Waals surface area contributed by atoms with E-state index in [2.05, 4.69) is 10.3 Å². The van der Waals surface area contributed by atoms with Crippen LogP contribution in [0.1, 0.15) is 24.0 Å². The fraction of sp³-hybridized carbons (Fsp3) is 0.259. The van der Waals surface area contributed by atoms with Crippen LogP contribution in [0.5, 0.6) is 0 Å². The molecule has 8 heteroatoms. The number of piperidine rings is 1. The average Bonchev–Trinajstić information content (AvgIpc) is 3.28. The first-order valence-corrected chi connectivity index (χ1v) is 13.2. The molecule has 1 N–H and O–H groups in total. The van der Waals surface area contributed by atoms with Gasteiger partial charge in [0, 0.05) is 30.4 Å². The molecule has 7 nitrogen and oxygen atoms in total. The normalized spacial score (nSPS) is 15.4. The Balaban J connectivity index is 1.21. The predicted octanol–water partition coefficient (Wildman–Crippen LogP) is 4.68. The first-order chi connectivity index (χ1) is 16.8. The summed E-state index contributed by atoms with van der Waals surface area (Å²) in [5.41, 5.74) is 5.40. The Morgan fingerprint density at radius 1 is 0.971 bits per heavy atom. The summed E-state index contributed by atoms with van der Waals surface area (Å²) in [6, 6.07) is 21.0. The Bertz CT molecular complexity index is 1480. The van der Waals surface area contributed by atoms with E-state index < -0.39 is 10.0 Å². The first kappa shape index (κ1) is 23.3. The van der Waals surface area contributed by atoms with Gasteiger partial charge in [0.15, 0.2) is 0 Å². The van der Waals surface area contributed by atoms with E-state index >= 15 is 0 Å². The van der Waals surface area contributed by atoms with Crippen LogP contribution >= 0.6 is 0 Å². The van der Waals surface area contributed by atoms with Gasteiger partial charge in [-0.1, -0.05) is 29.8 Å². The predicted molar refractivity (Wildman–Crippen MR) is 137 cm³/mol. The summed E-state index contributed by atoms with van der Waals surface area (Å²) in [6.45, 7) is 4.43. The molecular formula is C27H28N4O3S. The van der Waals surface area contributed by atoms with Gasteiger partial charge < -0.3 is 5.32 Å². The van der Waals surface area contributed by atoms with Crippen LogP contribution in [0.2, 0.25) is 0 Å². The number of sulfonamides is 1. The van der Waals surface area contributed by atoms with E-state index in [-0.39, 0.29) is 11.8 Å². The standard InChI is InChI=1S/C27H28N4O3S/c1-19-7-12-26(20(2)17-19)35(33,34)30-15-13-21(14-16-30)27(32)29-22-8-10-23(11-9-22)31-18-28-24-5-3-4-6-25(24)31/h3-12,17-18,21H,13-16H2,1-2H3,(H,29,32). The van der Waals surface area contributed by atoms with Crippen LogP contribution in [0.4, 0.5) is 5.69 Å². The molecule has 0 aliphatic carbocycles. The summed E-state index contributed by atoms with van der Waals surface area (Å²) >= 11 is 0. The van der Waals surface area contributed by atoms with E-state index in [1.165, 1.54) is 4.31 Å². The molecule has 5 rings (SSSR count). The molecule has 4 aromatic rings. The minimum Gasteiger partial charge on any atom is -0.326 e. The molecule has 3 aromatic carbocycles. The Morgan fingerprint density at radius 2 is 1.69 bits per heavy atom. The molecule has 1 fully saturated rings. The summed E-state index contributed by atoms with van der Waals surface area (Å²) in [5, 5.41) is 2.99. The lowest BCUT2D eigenvalue weighted by Crippen LogP contribution is -2.41. The number of fused-ring (bicyclic) bond motifs is 1. The van der Waals surface area contributed by atoms with Crippen molar-refractivity contribution in [3.05, 3.63) is 84.2 Å². The van der Waals surface area contributed by atoms with Crippen LogP contribution in [-0.4, -0.2) is 41.3 Å². The molecule has 0 unspecified atom stereocenters. The molecule has 0 bridgehead atoms. The summed E-state index contributed by atoms with van der Waals surface area (Å²) in [4.78, 5) is 17.6. The van der Waals surface area contributed by atoms with Crippen molar-refractivity contribution in [1.29, 1.82) is 0 Å². The fourth-order valence-electron chi connectivity index (χ4n) is 4.70. The van der Waals surface area contributed by atoms with Crippen molar-refractivity contribution in [2.75, 3.05) is 18.4 Å². The monoisotopic (exact) mass is 488 g/mol. The number of para-hydroxylation sites is 2. The number of aromatic nitrogens is 2. The van der Waals surface area contributed by atoms with Crippen LogP contribution in [0.3, 0.4) is 0 Å². The third-order valence-electron chi connectivity index (χ3n) is 6.64. The molecule has 0 atom stereocenters. The molecule has 180 valence electrons. The van der Waals surface area contributed by atoms with E-state index in [0.29, 0.717) is 36.5 Å². The minimum atomic E-state index is -3.57. The van der Waals surface area contributed by atoms with Gasteiger partial charge in [-0.2, -0.15) is 4.31 Å². The molecule has 35 heavy (non-hydrogen) atoms. The number of rotatable bonds is 5. The second-order valence-corrected chi connectivity index (χ2v) is 11.0. The molecule has 1 aliphatic heterocycles. The largest absolute Gasteiger partial charge is 0.326 e. The molecule has 1 aliphatic rings. The van der Waals surface area contributed by atoms with Crippen molar-refractivity contribution >= 4 is 32.7 Å². The number of hydrogen-bond donors (Lipinski definition) is 1. The number of anilines is 1. The Hall–Kier alpha value is -3.49. The van der Waals surface area contributed by atoms with Crippen molar-refractivity contribution in [3.8, 4) is 5.69 Å². The van der Waals surface area contributed by atoms with E-state index in [4.69, 9.17) is 0 Å². The van der Waals surface area contributed by atoms with Crippen LogP contribution in [0.25, 0.3) is 16.7 Å². The fourth-order valence-corrected chi connectivity index (χ4v) is 6.38. The second kappa shape index (κ2) is 9.28. The number of carbonyl (C=O) groups is 1. The first-order valence-electron chi connectivity index (χ1n) is 11.7. The summed E-state index contributed by atoms with van der Waals surface area (Å²) in [7, 11) is -3.57. The number of nitrogens with zero attached hydrogens (tertiary/aromatic N) is 3. The van der Waals surface area contributed by atoms with Gasteiger partial charge in [-0.05, 0) is 74.7 Å². The van der Waals surface area contributed by atoms with Crippen LogP contribution < -0.4 is 5.32 Å². The van der Waals surface area contributed by atoms with Crippen molar-refractivity contribution in [1.82, 2.24) is 13.9 Å². The molecule has 0 radical (unpaired) electrons. The van der Waals surface area contributed by atoms with Gasteiger partial charge in [-0.15, -0.1) is 0 Å². The highest BCUT2D eigenvalue weighted by Crippen LogP contribution is 2.27. The quantitative estimate of drug-likeness (QED) is 0.442. The second-order valence-electron chi connectivity index (χ2n) is 9.09. The number of carbonyl (C=O) groups excluding carboxylic acids is 1. The van der Waals surface area contributed by atoms with Crippen LogP contribution in [0.15, 0.2) is 78.0 Å². The Labute approximate surface area is 205 Å². The molecule has 0 spiro atoms. The zero-order valence-corrected chi connectivity index (χ0v) is 20.6. The van der Waals surface area contributed by atoms with Crippen LogP contribution in [0, 0.1) is 19.8 Å². The maximum absolute atomic E-state index is 13.1. The Morgan fingerprint density at radius 3 is 2.40 bits per heavy atom. The smallest absolute Gasteiger partial charge is 0.243 e. The van der Waals surface area contributed by atoms with Gasteiger partial charge in [-0.3, -0.25) is 9.36 Å². The highest BCUT2D eigenvalue weighted by Gasteiger charge is 2.32. The number of amides is 1. The van der Waals surface area contributed by atoms with Crippen molar-refractivity contribution in [2.45, 2.75) is 31.6 Å². The highest BCUT2D eigenvalue weighted by atomic mass is 32.2. The van der Waals surface area contributed by atoms with E-state index in [1.54, 1.807) is 12.4 Å². The average molecular weight is 489 g/mol. The van der Waals surface area contributed by atoms with Crippen LogP contribution in [-0.2, 0) is 14.8 Å². The third kappa shape index (κ3) is 4.59. The lowest BCUT2D eigenvalue weighted by molar-refractivity contribution is -0.120. The topological polar surface area (TPSA) is 84.3 Å². The molecule has 1 amide bonds. The number of aryl methyl sites for hydroxylation is 2. The third-order valence-corrected chi connectivity index (χ3v) is 8.70. The Kier molecular flexibility index (Phi) is 6.17. The number of imidazole rings is 1. The van der Waals surface area contributed by atoms with Crippen molar-refractivity contribution in [2.24, 2.45) is 5.92 Å². The molecule has 1 aromatic heterocycles. The van der Waals surface area contributed by atoms with E-state index in [1.807, 2.05) is 79.1 Å². The van der Waals surface area contributed by atoms with Gasteiger partial charge in [-0.25, -0.2) is 13.4 Å². The van der Waals surface area contributed by atoms with Gasteiger partial charge >= 0.3 is 0 Å². The zero-order valence-electron chi connectivity index (χ0n) is 19.8. The maximum atomic E-state index is 13.1. The van der Waals surface area contributed by atoms with Gasteiger partial charge in [0.2, 0.25) is 15.9 Å². The minimum absolute atomic E-state index is 0.0746. The van der Waals surface area contributed by atoms with Gasteiger partial charge in [0.05, 0.1) is 15.9 Å². The van der Waals surface area contributed by atoms with E-state index in [9.17, 15) is 13.2 Å². The molecule has 0 saturated carbocycles. The van der Waals surface area contributed by atoms with Crippen molar-refractivity contribution < 1.29 is 13.2 Å². The molecule has 1 saturated heterocycles. The molecule has 2 heterocycles. The van der Waals surface area contributed by atoms with Crippen molar-refractivity contribution in [3.63, 3.8) is 0 Å². The summed E-state index contributed by atoms with van der Waals surface area (Å²) in [5.74, 6) is -0.299. The lowest BCUT2D eigenvalue weighted by atomic mass is 9.97. The number of nitrogens with one attached hydrogen (secondary N) is 1. The zero-order chi connectivity index (χ0) is 24.6. The lowest BCUT2D eigenvalue weighted by Gasteiger charge is -2.31. The van der Waals surface area contributed by atoms with Gasteiger partial charge in [0.1, 0.15) is 6.33 Å². The maximum Gasteiger partial charge on any atom is 0.243 e. The number of hydrogen-bond acceptors (Lipinski definition) is 4. The molecular weight excluding hydrogens is 460 g/mol. The summed E-state index contributed by atoms with van der Waals surface area (Å²) in [6.07, 6.45) is 2.78.